The monoisotopic (exact) mass is 198 g/mol. The van der Waals surface area contributed by atoms with Crippen molar-refractivity contribution < 1.29 is 4.79 Å². The molecule has 0 aromatic carbocycles. The molecule has 1 saturated carbocycles. The Kier molecular flexibility index (Phi) is 4.39. The smallest absolute Gasteiger partial charge is 0.224 e. The first kappa shape index (κ1) is 11.5. The van der Waals surface area contributed by atoms with E-state index in [1.165, 1.54) is 12.8 Å². The van der Waals surface area contributed by atoms with Crippen LogP contribution < -0.4 is 10.6 Å². The van der Waals surface area contributed by atoms with Crippen LogP contribution in [0, 0.1) is 17.8 Å². The number of nitrogens with one attached hydrogen (secondary N) is 2. The van der Waals surface area contributed by atoms with Crippen molar-refractivity contribution in [3.63, 3.8) is 0 Å². The van der Waals surface area contributed by atoms with E-state index >= 15 is 0 Å². The highest BCUT2D eigenvalue weighted by molar-refractivity contribution is 5.78. The molecule has 82 valence electrons. The van der Waals surface area contributed by atoms with Crippen LogP contribution in [-0.2, 0) is 4.79 Å². The molecule has 1 aliphatic rings. The molecule has 3 heteroatoms. The van der Waals surface area contributed by atoms with Crippen LogP contribution in [0.2, 0.25) is 0 Å². The largest absolute Gasteiger partial charge is 0.356 e. The lowest BCUT2D eigenvalue weighted by Gasteiger charge is -2.14. The van der Waals surface area contributed by atoms with Gasteiger partial charge in [-0.15, -0.1) is 0 Å². The van der Waals surface area contributed by atoms with Crippen molar-refractivity contribution in [1.82, 2.24) is 10.6 Å². The molecule has 0 aromatic rings. The second-order valence-electron chi connectivity index (χ2n) is 4.52. The van der Waals surface area contributed by atoms with Gasteiger partial charge in [0.15, 0.2) is 0 Å². The fourth-order valence-electron chi connectivity index (χ4n) is 1.67. The SMILES string of the molecule is CNCC(C)C(=O)NCC(C)C1CC1. The summed E-state index contributed by atoms with van der Waals surface area (Å²) in [4.78, 5) is 11.5. The maximum Gasteiger partial charge on any atom is 0.224 e. The average molecular weight is 198 g/mol. The fraction of sp³-hybridized carbons (Fsp3) is 0.909. The van der Waals surface area contributed by atoms with Gasteiger partial charge >= 0.3 is 0 Å². The van der Waals surface area contributed by atoms with Gasteiger partial charge in [0.05, 0.1) is 0 Å². The van der Waals surface area contributed by atoms with E-state index in [1.54, 1.807) is 0 Å². The normalized spacial score (nSPS) is 20.2. The Morgan fingerprint density at radius 1 is 1.36 bits per heavy atom. The van der Waals surface area contributed by atoms with Crippen LogP contribution in [0.3, 0.4) is 0 Å². The zero-order chi connectivity index (χ0) is 10.6. The lowest BCUT2D eigenvalue weighted by molar-refractivity contribution is -0.124. The van der Waals surface area contributed by atoms with E-state index < -0.39 is 0 Å². The summed E-state index contributed by atoms with van der Waals surface area (Å²) in [7, 11) is 1.87. The quantitative estimate of drug-likeness (QED) is 0.668. The van der Waals surface area contributed by atoms with E-state index in [-0.39, 0.29) is 11.8 Å². The Balaban J connectivity index is 2.12. The summed E-state index contributed by atoms with van der Waals surface area (Å²) in [5.41, 5.74) is 0. The van der Waals surface area contributed by atoms with Gasteiger partial charge in [0.25, 0.3) is 0 Å². The molecule has 14 heavy (non-hydrogen) atoms. The summed E-state index contributed by atoms with van der Waals surface area (Å²) in [6, 6.07) is 0. The molecular formula is C11H22N2O. The van der Waals surface area contributed by atoms with Crippen molar-refractivity contribution >= 4 is 5.91 Å². The molecule has 2 atom stereocenters. The predicted octanol–water partition coefficient (Wildman–Crippen LogP) is 1.00. The molecule has 0 aromatic heterocycles. The summed E-state index contributed by atoms with van der Waals surface area (Å²) >= 11 is 0. The molecule has 3 nitrogen and oxygen atoms in total. The molecule has 0 aliphatic heterocycles. The summed E-state index contributed by atoms with van der Waals surface area (Å²) in [5, 5.41) is 6.02. The summed E-state index contributed by atoms with van der Waals surface area (Å²) in [5.74, 6) is 1.77. The van der Waals surface area contributed by atoms with E-state index in [0.29, 0.717) is 5.92 Å². The van der Waals surface area contributed by atoms with Crippen molar-refractivity contribution in [2.75, 3.05) is 20.1 Å². The summed E-state index contributed by atoms with van der Waals surface area (Å²) < 4.78 is 0. The second kappa shape index (κ2) is 5.35. The predicted molar refractivity (Wildman–Crippen MR) is 58.0 cm³/mol. The minimum absolute atomic E-state index is 0.0754. The summed E-state index contributed by atoms with van der Waals surface area (Å²) in [6.45, 7) is 5.77. The van der Waals surface area contributed by atoms with Gasteiger partial charge in [0, 0.05) is 19.0 Å². The van der Waals surface area contributed by atoms with E-state index in [9.17, 15) is 4.79 Å². The molecule has 0 bridgehead atoms. The highest BCUT2D eigenvalue weighted by Gasteiger charge is 2.28. The summed E-state index contributed by atoms with van der Waals surface area (Å²) in [6.07, 6.45) is 2.70. The first-order chi connectivity index (χ1) is 6.65. The molecule has 0 spiro atoms. The van der Waals surface area contributed by atoms with Crippen molar-refractivity contribution in [3.05, 3.63) is 0 Å². The minimum Gasteiger partial charge on any atom is -0.356 e. The maximum atomic E-state index is 11.5. The van der Waals surface area contributed by atoms with Gasteiger partial charge in [-0.25, -0.2) is 0 Å². The van der Waals surface area contributed by atoms with Gasteiger partial charge in [-0.2, -0.15) is 0 Å². The highest BCUT2D eigenvalue weighted by atomic mass is 16.1. The van der Waals surface area contributed by atoms with Crippen LogP contribution in [0.4, 0.5) is 0 Å². The van der Waals surface area contributed by atoms with Crippen LogP contribution in [0.5, 0.6) is 0 Å². The van der Waals surface area contributed by atoms with Crippen molar-refractivity contribution in [2.24, 2.45) is 17.8 Å². The molecule has 2 unspecified atom stereocenters. The molecular weight excluding hydrogens is 176 g/mol. The van der Waals surface area contributed by atoms with Crippen LogP contribution in [0.25, 0.3) is 0 Å². The Morgan fingerprint density at radius 2 is 2.00 bits per heavy atom. The Hall–Kier alpha value is -0.570. The number of amides is 1. The molecule has 0 radical (unpaired) electrons. The first-order valence-electron chi connectivity index (χ1n) is 5.57. The highest BCUT2D eigenvalue weighted by Crippen LogP contribution is 2.36. The van der Waals surface area contributed by atoms with Crippen molar-refractivity contribution in [2.45, 2.75) is 26.7 Å². The van der Waals surface area contributed by atoms with Gasteiger partial charge in [-0.1, -0.05) is 13.8 Å². The molecule has 2 N–H and O–H groups in total. The van der Waals surface area contributed by atoms with Gasteiger partial charge in [0.1, 0.15) is 0 Å². The average Bonchev–Trinajstić information content (AvgIpc) is 2.97. The topological polar surface area (TPSA) is 41.1 Å². The first-order valence-corrected chi connectivity index (χ1v) is 5.57. The van der Waals surface area contributed by atoms with Gasteiger partial charge in [0.2, 0.25) is 5.91 Å². The third-order valence-corrected chi connectivity index (χ3v) is 2.98. The van der Waals surface area contributed by atoms with Crippen LogP contribution in [0.15, 0.2) is 0 Å². The molecule has 1 fully saturated rings. The molecule has 0 saturated heterocycles. The van der Waals surface area contributed by atoms with E-state index in [4.69, 9.17) is 0 Å². The van der Waals surface area contributed by atoms with Gasteiger partial charge < -0.3 is 10.6 Å². The number of carbonyl (C=O) groups excluding carboxylic acids is 1. The third-order valence-electron chi connectivity index (χ3n) is 2.98. The lowest BCUT2D eigenvalue weighted by Crippen LogP contribution is -2.36. The van der Waals surface area contributed by atoms with E-state index in [2.05, 4.69) is 17.6 Å². The Morgan fingerprint density at radius 3 is 2.50 bits per heavy atom. The fourth-order valence-corrected chi connectivity index (χ4v) is 1.67. The van der Waals surface area contributed by atoms with Gasteiger partial charge in [-0.05, 0) is 31.7 Å². The van der Waals surface area contributed by atoms with E-state index in [0.717, 1.165) is 19.0 Å². The third kappa shape index (κ3) is 3.66. The molecule has 0 heterocycles. The Labute approximate surface area is 86.6 Å². The number of hydrogen-bond acceptors (Lipinski definition) is 2. The van der Waals surface area contributed by atoms with Crippen molar-refractivity contribution in [1.29, 1.82) is 0 Å². The van der Waals surface area contributed by atoms with Gasteiger partial charge in [-0.3, -0.25) is 4.79 Å². The van der Waals surface area contributed by atoms with Crippen molar-refractivity contribution in [3.8, 4) is 0 Å². The van der Waals surface area contributed by atoms with Crippen LogP contribution in [-0.4, -0.2) is 26.0 Å². The zero-order valence-corrected chi connectivity index (χ0v) is 9.47. The lowest BCUT2D eigenvalue weighted by atomic mass is 10.1. The van der Waals surface area contributed by atoms with Crippen LogP contribution >= 0.6 is 0 Å². The number of carbonyl (C=O) groups is 1. The molecule has 1 rings (SSSR count). The van der Waals surface area contributed by atoms with E-state index in [1.807, 2.05) is 14.0 Å². The molecule has 1 aliphatic carbocycles. The number of rotatable bonds is 6. The minimum atomic E-state index is 0.0754. The standard InChI is InChI=1S/C11H22N2O/c1-8(10-4-5-10)7-13-11(14)9(2)6-12-3/h8-10,12H,4-7H2,1-3H3,(H,13,14). The number of hydrogen-bond donors (Lipinski definition) is 2. The maximum absolute atomic E-state index is 11.5. The van der Waals surface area contributed by atoms with Crippen LogP contribution in [0.1, 0.15) is 26.7 Å². The Bertz CT molecular complexity index is 190. The second-order valence-corrected chi connectivity index (χ2v) is 4.52. The zero-order valence-electron chi connectivity index (χ0n) is 9.47. The molecule has 1 amide bonds.